The SMILES string of the molecule is Cn1nnnc1SCC1=C(OC(=O)OC(c2ccccc2)c2ccccc2)N2C(=O)C(N)[C@@H]2SC1. The van der Waals surface area contributed by atoms with E-state index in [1.807, 2.05) is 60.7 Å². The number of fused-ring (bicyclic) bond motifs is 1. The predicted octanol–water partition coefficient (Wildman–Crippen LogP) is 2.70. The molecule has 35 heavy (non-hydrogen) atoms. The lowest BCUT2D eigenvalue weighted by molar-refractivity contribution is -0.144. The lowest BCUT2D eigenvalue weighted by atomic mass is 10.0. The van der Waals surface area contributed by atoms with Crippen LogP contribution in [-0.2, 0) is 21.3 Å². The smallest absolute Gasteiger partial charge is 0.421 e. The zero-order valence-corrected chi connectivity index (χ0v) is 20.3. The number of aryl methyl sites for hydroxylation is 1. The van der Waals surface area contributed by atoms with Crippen LogP contribution in [-0.4, -0.2) is 60.1 Å². The third-order valence-electron chi connectivity index (χ3n) is 5.59. The second kappa shape index (κ2) is 10.1. The molecule has 1 saturated heterocycles. The van der Waals surface area contributed by atoms with Gasteiger partial charge in [0.1, 0.15) is 11.4 Å². The van der Waals surface area contributed by atoms with Gasteiger partial charge in [0, 0.05) is 24.1 Å². The van der Waals surface area contributed by atoms with Crippen LogP contribution < -0.4 is 5.73 Å². The van der Waals surface area contributed by atoms with Crippen molar-refractivity contribution in [2.75, 3.05) is 11.5 Å². The number of ether oxygens (including phenoxy) is 2. The van der Waals surface area contributed by atoms with E-state index >= 15 is 0 Å². The van der Waals surface area contributed by atoms with Gasteiger partial charge >= 0.3 is 6.16 Å². The van der Waals surface area contributed by atoms with E-state index in [0.717, 1.165) is 16.7 Å². The topological polar surface area (TPSA) is 125 Å². The van der Waals surface area contributed by atoms with E-state index in [1.54, 1.807) is 11.7 Å². The summed E-state index contributed by atoms with van der Waals surface area (Å²) < 4.78 is 13.1. The molecule has 10 nitrogen and oxygen atoms in total. The normalized spacial score (nSPS) is 19.4. The van der Waals surface area contributed by atoms with Crippen molar-refractivity contribution >= 4 is 35.6 Å². The van der Waals surface area contributed by atoms with E-state index in [1.165, 1.54) is 28.4 Å². The molecule has 0 saturated carbocycles. The van der Waals surface area contributed by atoms with Crippen LogP contribution in [0.5, 0.6) is 0 Å². The first-order valence-corrected chi connectivity index (χ1v) is 12.8. The Labute approximate surface area is 209 Å². The lowest BCUT2D eigenvalue weighted by Gasteiger charge is -2.47. The molecule has 2 atom stereocenters. The number of β-lactam (4-membered cyclic amide) rings is 1. The van der Waals surface area contributed by atoms with Crippen molar-refractivity contribution in [3.05, 3.63) is 83.2 Å². The molecule has 2 aliphatic rings. The highest BCUT2D eigenvalue weighted by molar-refractivity contribution is 8.01. The summed E-state index contributed by atoms with van der Waals surface area (Å²) >= 11 is 2.91. The molecule has 2 aliphatic heterocycles. The number of amides is 1. The third-order valence-corrected chi connectivity index (χ3v) is 8.05. The fraction of sp³-hybridized carbons (Fsp3) is 0.261. The lowest BCUT2D eigenvalue weighted by Crippen LogP contribution is -2.68. The Balaban J connectivity index is 1.39. The van der Waals surface area contributed by atoms with Gasteiger partial charge in [0.2, 0.25) is 16.9 Å². The Morgan fingerprint density at radius 3 is 2.43 bits per heavy atom. The van der Waals surface area contributed by atoms with Crippen LogP contribution in [0.4, 0.5) is 4.79 Å². The van der Waals surface area contributed by atoms with Crippen molar-refractivity contribution in [2.24, 2.45) is 12.8 Å². The molecule has 180 valence electrons. The van der Waals surface area contributed by atoms with Crippen molar-refractivity contribution in [1.82, 2.24) is 25.1 Å². The summed E-state index contributed by atoms with van der Waals surface area (Å²) in [7, 11) is 1.74. The summed E-state index contributed by atoms with van der Waals surface area (Å²) in [6.07, 6.45) is -1.57. The summed E-state index contributed by atoms with van der Waals surface area (Å²) in [4.78, 5) is 27.1. The van der Waals surface area contributed by atoms with Crippen molar-refractivity contribution in [1.29, 1.82) is 0 Å². The molecule has 0 aliphatic carbocycles. The van der Waals surface area contributed by atoms with E-state index in [4.69, 9.17) is 15.2 Å². The Bertz CT molecular complexity index is 1210. The van der Waals surface area contributed by atoms with Crippen molar-refractivity contribution in [3.63, 3.8) is 0 Å². The Morgan fingerprint density at radius 2 is 1.83 bits per heavy atom. The molecule has 3 heterocycles. The molecule has 5 rings (SSSR count). The van der Waals surface area contributed by atoms with Crippen molar-refractivity contribution in [2.45, 2.75) is 22.7 Å². The minimum absolute atomic E-state index is 0.174. The molecule has 1 unspecified atom stereocenters. The van der Waals surface area contributed by atoms with Crippen LogP contribution in [0, 0.1) is 0 Å². The highest BCUT2D eigenvalue weighted by Gasteiger charge is 2.51. The number of aromatic nitrogens is 4. The average Bonchev–Trinajstić information content (AvgIpc) is 3.31. The number of rotatable bonds is 7. The van der Waals surface area contributed by atoms with Gasteiger partial charge in [-0.3, -0.25) is 9.69 Å². The monoisotopic (exact) mass is 510 g/mol. The van der Waals surface area contributed by atoms with Gasteiger partial charge < -0.3 is 15.2 Å². The van der Waals surface area contributed by atoms with Gasteiger partial charge in [-0.1, -0.05) is 72.4 Å². The maximum atomic E-state index is 13.1. The summed E-state index contributed by atoms with van der Waals surface area (Å²) in [5, 5.41) is 11.8. The minimum atomic E-state index is -0.903. The molecule has 3 aromatic rings. The Morgan fingerprint density at radius 1 is 1.17 bits per heavy atom. The number of hydrogen-bond acceptors (Lipinski definition) is 10. The number of nitrogens with two attached hydrogens (primary N) is 1. The molecule has 0 bridgehead atoms. The minimum Gasteiger partial charge on any atom is -0.421 e. The quantitative estimate of drug-likeness (QED) is 0.288. The second-order valence-electron chi connectivity index (χ2n) is 7.89. The average molecular weight is 511 g/mol. The first kappa shape index (κ1) is 23.4. The summed E-state index contributed by atoms with van der Waals surface area (Å²) in [5.74, 6) is 0.851. The van der Waals surface area contributed by atoms with Crippen LogP contribution in [0.15, 0.2) is 77.3 Å². The highest BCUT2D eigenvalue weighted by atomic mass is 32.2. The van der Waals surface area contributed by atoms with E-state index < -0.39 is 18.3 Å². The maximum absolute atomic E-state index is 13.1. The first-order chi connectivity index (χ1) is 17.0. The first-order valence-electron chi connectivity index (χ1n) is 10.8. The number of nitrogens with zero attached hydrogens (tertiary/aromatic N) is 5. The number of tetrazole rings is 1. The molecule has 0 spiro atoms. The van der Waals surface area contributed by atoms with Gasteiger partial charge in [0.15, 0.2) is 6.10 Å². The molecular weight excluding hydrogens is 488 g/mol. The summed E-state index contributed by atoms with van der Waals surface area (Å²) in [5.41, 5.74) is 8.33. The molecule has 1 amide bonds. The second-order valence-corrected chi connectivity index (χ2v) is 9.94. The van der Waals surface area contributed by atoms with Crippen molar-refractivity contribution in [3.8, 4) is 0 Å². The number of carbonyl (C=O) groups excluding carboxylic acids is 2. The van der Waals surface area contributed by atoms with Gasteiger partial charge in [-0.2, -0.15) is 0 Å². The fourth-order valence-corrected chi connectivity index (χ4v) is 6.05. The van der Waals surface area contributed by atoms with Crippen molar-refractivity contribution < 1.29 is 19.1 Å². The molecule has 0 radical (unpaired) electrons. The third kappa shape index (κ3) is 4.77. The summed E-state index contributed by atoms with van der Waals surface area (Å²) in [6.45, 7) is 0. The van der Waals surface area contributed by atoms with E-state index in [0.29, 0.717) is 16.7 Å². The van der Waals surface area contributed by atoms with Gasteiger partial charge in [-0.15, -0.1) is 16.9 Å². The van der Waals surface area contributed by atoms with Gasteiger partial charge in [0.25, 0.3) is 0 Å². The molecular formula is C23H22N6O4S2. The number of thioether (sulfide) groups is 2. The maximum Gasteiger partial charge on any atom is 0.516 e. The zero-order chi connectivity index (χ0) is 24.4. The molecule has 1 fully saturated rings. The van der Waals surface area contributed by atoms with Crippen LogP contribution in [0.3, 0.4) is 0 Å². The fourth-order valence-electron chi connectivity index (χ4n) is 3.80. The Hall–Kier alpha value is -3.35. The number of hydrogen-bond donors (Lipinski definition) is 1. The largest absolute Gasteiger partial charge is 0.516 e. The van der Waals surface area contributed by atoms with Crippen LogP contribution in [0.2, 0.25) is 0 Å². The van der Waals surface area contributed by atoms with Crippen LogP contribution >= 0.6 is 23.5 Å². The predicted molar refractivity (Wildman–Crippen MR) is 130 cm³/mol. The van der Waals surface area contributed by atoms with Gasteiger partial charge in [-0.25, -0.2) is 9.48 Å². The van der Waals surface area contributed by atoms with Crippen LogP contribution in [0.25, 0.3) is 0 Å². The van der Waals surface area contributed by atoms with E-state index in [-0.39, 0.29) is 17.2 Å². The Kier molecular flexibility index (Phi) is 6.75. The number of carbonyl (C=O) groups is 2. The highest BCUT2D eigenvalue weighted by Crippen LogP contribution is 2.41. The van der Waals surface area contributed by atoms with E-state index in [2.05, 4.69) is 15.5 Å². The summed E-state index contributed by atoms with van der Waals surface area (Å²) in [6, 6.07) is 18.2. The zero-order valence-electron chi connectivity index (χ0n) is 18.7. The van der Waals surface area contributed by atoms with E-state index in [9.17, 15) is 9.59 Å². The molecule has 2 N–H and O–H groups in total. The standard InChI is InChI=1S/C23H22N6O4S2/c1-28-22(25-26-27-28)35-13-16-12-34-21-17(24)19(30)29(21)20(16)33-23(31)32-18(14-8-4-2-5-9-14)15-10-6-3-7-11-15/h2-11,17-18,21H,12-13,24H2,1H3/t17?,21-/m0/s1. The number of benzene rings is 2. The van der Waals surface area contributed by atoms with Gasteiger partial charge in [-0.05, 0) is 21.6 Å². The van der Waals surface area contributed by atoms with Gasteiger partial charge in [0.05, 0.1) is 0 Å². The van der Waals surface area contributed by atoms with Crippen LogP contribution in [0.1, 0.15) is 17.2 Å². The molecule has 1 aromatic heterocycles. The molecule has 12 heteroatoms. The molecule has 2 aromatic carbocycles.